The highest BCUT2D eigenvalue weighted by molar-refractivity contribution is 7.91. The average Bonchev–Trinajstić information content (AvgIpc) is 2.38. The Labute approximate surface area is 118 Å². The van der Waals surface area contributed by atoms with Crippen LogP contribution in [0.3, 0.4) is 0 Å². The van der Waals surface area contributed by atoms with E-state index in [1.807, 2.05) is 6.07 Å². The van der Waals surface area contributed by atoms with E-state index >= 15 is 0 Å². The lowest BCUT2D eigenvalue weighted by molar-refractivity contribution is -0.138. The smallest absolute Gasteiger partial charge is 0.312 e. The van der Waals surface area contributed by atoms with Gasteiger partial charge in [0.05, 0.1) is 17.4 Å². The third-order valence-electron chi connectivity index (χ3n) is 3.57. The van der Waals surface area contributed by atoms with E-state index in [0.29, 0.717) is 6.42 Å². The number of carbonyl (C=O) groups is 1. The molecule has 2 N–H and O–H groups in total. The van der Waals surface area contributed by atoms with Gasteiger partial charge in [-0.15, -0.1) is 0 Å². The first kappa shape index (κ1) is 15.0. The number of carboxylic acid groups (broad SMARTS) is 1. The molecule has 0 radical (unpaired) electrons. The molecule has 2 rings (SSSR count). The summed E-state index contributed by atoms with van der Waals surface area (Å²) in [6, 6.07) is 8.85. The van der Waals surface area contributed by atoms with Crippen LogP contribution >= 0.6 is 0 Å². The summed E-state index contributed by atoms with van der Waals surface area (Å²) in [5.41, 5.74) is 0.728. The van der Waals surface area contributed by atoms with Crippen molar-refractivity contribution >= 4 is 15.8 Å². The van der Waals surface area contributed by atoms with Gasteiger partial charge in [0.25, 0.3) is 0 Å². The number of benzene rings is 1. The molecule has 1 aliphatic heterocycles. The number of sulfone groups is 1. The Morgan fingerprint density at radius 3 is 2.65 bits per heavy atom. The summed E-state index contributed by atoms with van der Waals surface area (Å²) >= 11 is 0. The first-order valence-corrected chi connectivity index (χ1v) is 8.51. The lowest BCUT2D eigenvalue weighted by Crippen LogP contribution is -2.42. The van der Waals surface area contributed by atoms with Crippen LogP contribution in [0.1, 0.15) is 24.3 Å². The van der Waals surface area contributed by atoms with Gasteiger partial charge in [-0.25, -0.2) is 8.42 Å². The Balaban J connectivity index is 1.98. The van der Waals surface area contributed by atoms with E-state index in [0.717, 1.165) is 12.0 Å². The molecule has 0 bridgehead atoms. The molecule has 2 atom stereocenters. The van der Waals surface area contributed by atoms with Gasteiger partial charge >= 0.3 is 5.97 Å². The van der Waals surface area contributed by atoms with E-state index in [2.05, 4.69) is 5.32 Å². The fraction of sp³-hybridized carbons (Fsp3) is 0.500. The molecule has 0 spiro atoms. The number of hydrogen-bond acceptors (Lipinski definition) is 4. The van der Waals surface area contributed by atoms with Crippen molar-refractivity contribution in [1.29, 1.82) is 0 Å². The molecule has 1 aliphatic rings. The zero-order valence-electron chi connectivity index (χ0n) is 11.2. The molecule has 2 unspecified atom stereocenters. The van der Waals surface area contributed by atoms with Crippen molar-refractivity contribution in [2.75, 3.05) is 18.1 Å². The highest BCUT2D eigenvalue weighted by Gasteiger charge is 2.26. The van der Waals surface area contributed by atoms with Crippen LogP contribution in [0.2, 0.25) is 0 Å². The molecule has 1 aromatic rings. The van der Waals surface area contributed by atoms with E-state index in [1.165, 1.54) is 0 Å². The third kappa shape index (κ3) is 4.05. The van der Waals surface area contributed by atoms with E-state index in [1.54, 1.807) is 24.3 Å². The Bertz CT molecular complexity index is 556. The summed E-state index contributed by atoms with van der Waals surface area (Å²) in [7, 11) is -2.97. The van der Waals surface area contributed by atoms with Crippen LogP contribution in [0.15, 0.2) is 30.3 Å². The lowest BCUT2D eigenvalue weighted by Gasteiger charge is -2.24. The number of aliphatic carboxylic acids is 1. The van der Waals surface area contributed by atoms with Crippen molar-refractivity contribution < 1.29 is 18.3 Å². The summed E-state index contributed by atoms with van der Waals surface area (Å²) in [6.45, 7) is 0.250. The first-order valence-electron chi connectivity index (χ1n) is 6.69. The predicted molar refractivity (Wildman–Crippen MR) is 76.5 cm³/mol. The number of carboxylic acids is 1. The number of rotatable bonds is 5. The lowest BCUT2D eigenvalue weighted by atomic mass is 9.99. The number of hydrogen-bond donors (Lipinski definition) is 2. The topological polar surface area (TPSA) is 83.5 Å². The molecule has 5 nitrogen and oxygen atoms in total. The minimum absolute atomic E-state index is 0.105. The quantitative estimate of drug-likeness (QED) is 0.848. The van der Waals surface area contributed by atoms with Crippen LogP contribution in [0.5, 0.6) is 0 Å². The van der Waals surface area contributed by atoms with Crippen LogP contribution in [0.25, 0.3) is 0 Å². The van der Waals surface area contributed by atoms with Gasteiger partial charge in [0.15, 0.2) is 9.84 Å². The maximum atomic E-state index is 11.6. The number of nitrogens with one attached hydrogen (secondary N) is 1. The minimum atomic E-state index is -2.97. The molecule has 1 heterocycles. The first-order chi connectivity index (χ1) is 9.48. The van der Waals surface area contributed by atoms with Gasteiger partial charge < -0.3 is 10.4 Å². The third-order valence-corrected chi connectivity index (χ3v) is 5.39. The van der Waals surface area contributed by atoms with E-state index < -0.39 is 21.7 Å². The normalized spacial score (nSPS) is 23.1. The largest absolute Gasteiger partial charge is 0.481 e. The molecule has 1 saturated heterocycles. The molecule has 0 saturated carbocycles. The van der Waals surface area contributed by atoms with Crippen LogP contribution < -0.4 is 5.32 Å². The molecule has 0 aliphatic carbocycles. The second kappa shape index (κ2) is 6.37. The molecular formula is C14H19NO4S. The summed E-state index contributed by atoms with van der Waals surface area (Å²) < 4.78 is 23.1. The van der Waals surface area contributed by atoms with Crippen LogP contribution in [0.4, 0.5) is 0 Å². The summed E-state index contributed by atoms with van der Waals surface area (Å²) in [6.07, 6.45) is 1.42. The second-order valence-electron chi connectivity index (χ2n) is 5.16. The van der Waals surface area contributed by atoms with Gasteiger partial charge in [-0.3, -0.25) is 4.79 Å². The summed E-state index contributed by atoms with van der Waals surface area (Å²) in [5, 5.41) is 12.4. The fourth-order valence-corrected chi connectivity index (χ4v) is 4.17. The molecule has 1 fully saturated rings. The molecule has 6 heteroatoms. The fourth-order valence-electron chi connectivity index (χ4n) is 2.50. The molecular weight excluding hydrogens is 278 g/mol. The molecule has 1 aromatic carbocycles. The van der Waals surface area contributed by atoms with Crippen molar-refractivity contribution in [3.63, 3.8) is 0 Å². The summed E-state index contributed by atoms with van der Waals surface area (Å²) in [5.74, 6) is -1.21. The van der Waals surface area contributed by atoms with Crippen molar-refractivity contribution in [3.05, 3.63) is 35.9 Å². The van der Waals surface area contributed by atoms with Gasteiger partial charge in [0.1, 0.15) is 0 Å². The Kier molecular flexibility index (Phi) is 4.77. The van der Waals surface area contributed by atoms with Crippen LogP contribution in [0, 0.1) is 0 Å². The Morgan fingerprint density at radius 2 is 2.05 bits per heavy atom. The van der Waals surface area contributed by atoms with Gasteiger partial charge in [-0.2, -0.15) is 0 Å². The van der Waals surface area contributed by atoms with Crippen molar-refractivity contribution in [1.82, 2.24) is 5.32 Å². The monoisotopic (exact) mass is 297 g/mol. The second-order valence-corrected chi connectivity index (χ2v) is 7.39. The van der Waals surface area contributed by atoms with Crippen LogP contribution in [-0.2, 0) is 14.6 Å². The van der Waals surface area contributed by atoms with Gasteiger partial charge in [-0.1, -0.05) is 30.3 Å². The molecule has 0 amide bonds. The zero-order chi connectivity index (χ0) is 14.6. The Morgan fingerprint density at radius 1 is 1.35 bits per heavy atom. The minimum Gasteiger partial charge on any atom is -0.481 e. The highest BCUT2D eigenvalue weighted by atomic mass is 32.2. The SMILES string of the molecule is O=C(O)C(CNC1CCCS(=O)(=O)C1)c1ccccc1. The van der Waals surface area contributed by atoms with Crippen molar-refractivity contribution in [2.45, 2.75) is 24.8 Å². The predicted octanol–water partition coefficient (Wildman–Crippen LogP) is 1.02. The van der Waals surface area contributed by atoms with E-state index in [4.69, 9.17) is 0 Å². The van der Waals surface area contributed by atoms with E-state index in [-0.39, 0.29) is 24.1 Å². The van der Waals surface area contributed by atoms with Crippen molar-refractivity contribution in [3.8, 4) is 0 Å². The molecule has 20 heavy (non-hydrogen) atoms. The maximum Gasteiger partial charge on any atom is 0.312 e. The summed E-state index contributed by atoms with van der Waals surface area (Å²) in [4.78, 5) is 11.3. The van der Waals surface area contributed by atoms with Gasteiger partial charge in [0.2, 0.25) is 0 Å². The van der Waals surface area contributed by atoms with E-state index in [9.17, 15) is 18.3 Å². The van der Waals surface area contributed by atoms with Gasteiger partial charge in [0, 0.05) is 12.6 Å². The molecule has 0 aromatic heterocycles. The zero-order valence-corrected chi connectivity index (χ0v) is 12.0. The van der Waals surface area contributed by atoms with Gasteiger partial charge in [-0.05, 0) is 18.4 Å². The average molecular weight is 297 g/mol. The molecule has 110 valence electrons. The maximum absolute atomic E-state index is 11.6. The van der Waals surface area contributed by atoms with Crippen LogP contribution in [-0.4, -0.2) is 43.6 Å². The standard InChI is InChI=1S/C14H19NO4S/c16-14(17)13(11-5-2-1-3-6-11)9-15-12-7-4-8-20(18,19)10-12/h1-3,5-6,12-13,15H,4,7-10H2,(H,16,17). The highest BCUT2D eigenvalue weighted by Crippen LogP contribution is 2.17. The Hall–Kier alpha value is -1.40. The van der Waals surface area contributed by atoms with Crippen molar-refractivity contribution in [2.24, 2.45) is 0 Å².